The van der Waals surface area contributed by atoms with Gasteiger partial charge in [-0.25, -0.2) is 4.79 Å². The van der Waals surface area contributed by atoms with Gasteiger partial charge in [-0.3, -0.25) is 0 Å². The number of amides is 1. The fourth-order valence-corrected chi connectivity index (χ4v) is 1.21. The molecule has 80 valence electrons. The van der Waals surface area contributed by atoms with Gasteiger partial charge in [0.25, 0.3) is 0 Å². The molecule has 0 aliphatic carbocycles. The maximum atomic E-state index is 10.3. The van der Waals surface area contributed by atoms with Crippen molar-refractivity contribution in [1.29, 1.82) is 0 Å². The Morgan fingerprint density at radius 3 is 2.67 bits per heavy atom. The van der Waals surface area contributed by atoms with Crippen molar-refractivity contribution in [2.45, 2.75) is 13.5 Å². The van der Waals surface area contributed by atoms with E-state index in [1.807, 2.05) is 6.92 Å². The minimum Gasteiger partial charge on any atom is -0.465 e. The molecule has 1 aromatic carbocycles. The van der Waals surface area contributed by atoms with E-state index < -0.39 is 13.2 Å². The Kier molecular flexibility index (Phi) is 3.71. The third-order valence-corrected chi connectivity index (χ3v) is 2.10. The summed E-state index contributed by atoms with van der Waals surface area (Å²) in [5.74, 6) is 0. The molecule has 0 bridgehead atoms. The lowest BCUT2D eigenvalue weighted by molar-refractivity contribution is 0.194. The average Bonchev–Trinajstić information content (AvgIpc) is 2.16. The topological polar surface area (TPSA) is 89.8 Å². The molecule has 0 aliphatic rings. The molecule has 1 aromatic rings. The molecule has 0 aromatic heterocycles. The molecule has 0 spiro atoms. The molecule has 0 fully saturated rings. The number of benzene rings is 1. The van der Waals surface area contributed by atoms with E-state index in [-0.39, 0.29) is 6.54 Å². The summed E-state index contributed by atoms with van der Waals surface area (Å²) in [5.41, 5.74) is 1.97. The summed E-state index contributed by atoms with van der Waals surface area (Å²) in [7, 11) is -1.53. The van der Waals surface area contributed by atoms with Crippen LogP contribution in [-0.4, -0.2) is 28.4 Å². The van der Waals surface area contributed by atoms with E-state index in [2.05, 4.69) is 5.32 Å². The monoisotopic (exact) mass is 209 g/mol. The molecule has 0 atom stereocenters. The first-order valence-electron chi connectivity index (χ1n) is 4.43. The summed E-state index contributed by atoms with van der Waals surface area (Å²) in [5, 5.41) is 28.5. The van der Waals surface area contributed by atoms with E-state index in [4.69, 9.17) is 15.2 Å². The van der Waals surface area contributed by atoms with Crippen molar-refractivity contribution in [3.8, 4) is 0 Å². The van der Waals surface area contributed by atoms with Crippen LogP contribution in [0.4, 0.5) is 4.79 Å². The van der Waals surface area contributed by atoms with Crippen LogP contribution < -0.4 is 10.8 Å². The zero-order valence-corrected chi connectivity index (χ0v) is 8.27. The van der Waals surface area contributed by atoms with Crippen molar-refractivity contribution in [3.05, 3.63) is 29.3 Å². The fourth-order valence-electron chi connectivity index (χ4n) is 1.21. The molecule has 6 heteroatoms. The molecule has 0 unspecified atom stereocenters. The molecule has 5 nitrogen and oxygen atoms in total. The van der Waals surface area contributed by atoms with E-state index in [1.165, 1.54) is 0 Å². The van der Waals surface area contributed by atoms with Gasteiger partial charge in [0.05, 0.1) is 0 Å². The van der Waals surface area contributed by atoms with Gasteiger partial charge in [-0.2, -0.15) is 0 Å². The molecule has 0 heterocycles. The van der Waals surface area contributed by atoms with E-state index in [0.717, 1.165) is 11.1 Å². The second kappa shape index (κ2) is 4.81. The van der Waals surface area contributed by atoms with E-state index >= 15 is 0 Å². The lowest BCUT2D eigenvalue weighted by Crippen LogP contribution is -2.31. The third-order valence-electron chi connectivity index (χ3n) is 2.10. The average molecular weight is 209 g/mol. The largest absolute Gasteiger partial charge is 0.488 e. The molecular formula is C9H12BNO4. The van der Waals surface area contributed by atoms with Crippen LogP contribution in [0.25, 0.3) is 0 Å². The van der Waals surface area contributed by atoms with Crippen molar-refractivity contribution in [2.75, 3.05) is 0 Å². The standard InChI is InChI=1S/C9H12BNO4/c1-6-2-3-8(10(14)15)4-7(6)5-11-9(12)13/h2-4,11,14-15H,5H2,1H3,(H,12,13). The molecule has 0 aliphatic heterocycles. The van der Waals surface area contributed by atoms with Crippen LogP contribution in [0.2, 0.25) is 0 Å². The lowest BCUT2D eigenvalue weighted by Gasteiger charge is -2.08. The Morgan fingerprint density at radius 1 is 1.47 bits per heavy atom. The van der Waals surface area contributed by atoms with Crippen molar-refractivity contribution < 1.29 is 19.9 Å². The maximum Gasteiger partial charge on any atom is 0.488 e. The highest BCUT2D eigenvalue weighted by Gasteiger charge is 2.12. The van der Waals surface area contributed by atoms with Crippen molar-refractivity contribution in [1.82, 2.24) is 5.32 Å². The van der Waals surface area contributed by atoms with Crippen LogP contribution in [0.15, 0.2) is 18.2 Å². The van der Waals surface area contributed by atoms with Gasteiger partial charge in [-0.1, -0.05) is 18.2 Å². The van der Waals surface area contributed by atoms with Crippen LogP contribution >= 0.6 is 0 Å². The zero-order chi connectivity index (χ0) is 11.4. The normalized spacial score (nSPS) is 9.80. The van der Waals surface area contributed by atoms with Gasteiger partial charge in [0.1, 0.15) is 0 Å². The van der Waals surface area contributed by atoms with Gasteiger partial charge >= 0.3 is 13.2 Å². The zero-order valence-electron chi connectivity index (χ0n) is 8.27. The van der Waals surface area contributed by atoms with E-state index in [9.17, 15) is 4.79 Å². The number of hydrogen-bond acceptors (Lipinski definition) is 3. The van der Waals surface area contributed by atoms with Crippen molar-refractivity contribution >= 4 is 18.7 Å². The predicted molar refractivity (Wildman–Crippen MR) is 55.9 cm³/mol. The minimum atomic E-state index is -1.53. The maximum absolute atomic E-state index is 10.3. The number of rotatable bonds is 3. The highest BCUT2D eigenvalue weighted by molar-refractivity contribution is 6.58. The van der Waals surface area contributed by atoms with E-state index in [1.54, 1.807) is 18.2 Å². The highest BCUT2D eigenvalue weighted by Crippen LogP contribution is 2.05. The quantitative estimate of drug-likeness (QED) is 0.502. The molecule has 0 saturated heterocycles. The smallest absolute Gasteiger partial charge is 0.465 e. The third kappa shape index (κ3) is 3.27. The van der Waals surface area contributed by atoms with Gasteiger partial charge in [0, 0.05) is 6.54 Å². The van der Waals surface area contributed by atoms with Crippen molar-refractivity contribution in [2.24, 2.45) is 0 Å². The van der Waals surface area contributed by atoms with Crippen LogP contribution in [0.3, 0.4) is 0 Å². The SMILES string of the molecule is Cc1ccc(B(O)O)cc1CNC(=O)O. The van der Waals surface area contributed by atoms with Gasteiger partial charge in [0.15, 0.2) is 0 Å². The molecule has 0 saturated carbocycles. The molecule has 1 amide bonds. The summed E-state index contributed by atoms with van der Waals surface area (Å²) in [6.07, 6.45) is -1.11. The summed E-state index contributed by atoms with van der Waals surface area (Å²) in [6.45, 7) is 1.98. The van der Waals surface area contributed by atoms with Crippen LogP contribution in [0, 0.1) is 6.92 Å². The second-order valence-corrected chi connectivity index (χ2v) is 3.22. The molecule has 15 heavy (non-hydrogen) atoms. The summed E-state index contributed by atoms with van der Waals surface area (Å²) in [4.78, 5) is 10.3. The van der Waals surface area contributed by atoms with Crippen LogP contribution in [-0.2, 0) is 6.54 Å². The number of carbonyl (C=O) groups is 1. The molecule has 4 N–H and O–H groups in total. The van der Waals surface area contributed by atoms with E-state index in [0.29, 0.717) is 5.46 Å². The molecular weight excluding hydrogens is 197 g/mol. The first-order chi connectivity index (χ1) is 7.00. The number of carboxylic acid groups (broad SMARTS) is 1. The summed E-state index contributed by atoms with van der Waals surface area (Å²) in [6, 6.07) is 4.87. The van der Waals surface area contributed by atoms with Crippen LogP contribution in [0.5, 0.6) is 0 Å². The Bertz CT molecular complexity index is 367. The van der Waals surface area contributed by atoms with Gasteiger partial charge in [-0.15, -0.1) is 0 Å². The first-order valence-corrected chi connectivity index (χ1v) is 4.43. The first kappa shape index (κ1) is 11.5. The van der Waals surface area contributed by atoms with Gasteiger partial charge in [-0.05, 0) is 23.5 Å². The Balaban J connectivity index is 2.85. The highest BCUT2D eigenvalue weighted by atomic mass is 16.4. The number of hydrogen-bond donors (Lipinski definition) is 4. The summed E-state index contributed by atoms with van der Waals surface area (Å²) < 4.78 is 0. The Hall–Kier alpha value is -1.53. The van der Waals surface area contributed by atoms with Crippen molar-refractivity contribution in [3.63, 3.8) is 0 Å². The molecule has 0 radical (unpaired) electrons. The fraction of sp³-hybridized carbons (Fsp3) is 0.222. The van der Waals surface area contributed by atoms with Gasteiger partial charge in [0.2, 0.25) is 0 Å². The lowest BCUT2D eigenvalue weighted by atomic mass is 9.79. The number of aryl methyl sites for hydroxylation is 1. The predicted octanol–water partition coefficient (Wildman–Crippen LogP) is -0.558. The Labute approximate surface area is 87.5 Å². The Morgan fingerprint density at radius 2 is 2.13 bits per heavy atom. The minimum absolute atomic E-state index is 0.154. The summed E-state index contributed by atoms with van der Waals surface area (Å²) >= 11 is 0. The second-order valence-electron chi connectivity index (χ2n) is 3.22. The number of nitrogens with one attached hydrogen (secondary N) is 1. The molecule has 1 rings (SSSR count). The van der Waals surface area contributed by atoms with Crippen LogP contribution in [0.1, 0.15) is 11.1 Å². The van der Waals surface area contributed by atoms with Gasteiger partial charge < -0.3 is 20.5 Å².